The van der Waals surface area contributed by atoms with Crippen LogP contribution in [0.4, 0.5) is 0 Å². The van der Waals surface area contributed by atoms with Crippen LogP contribution in [0.1, 0.15) is 0 Å². The van der Waals surface area contributed by atoms with E-state index in [0.29, 0.717) is 0 Å². The van der Waals surface area contributed by atoms with E-state index in [4.69, 9.17) is 9.97 Å². The second kappa shape index (κ2) is 7.01. The largest absolute Gasteiger partial charge is 0.307 e. The molecule has 0 atom stereocenters. The number of thiazole rings is 1. The Bertz CT molecular complexity index is 2030. The Morgan fingerprint density at radius 1 is 0.571 bits per heavy atom. The first-order valence-corrected chi connectivity index (χ1v) is 12.4. The van der Waals surface area contributed by atoms with Crippen molar-refractivity contribution in [1.29, 1.82) is 0 Å². The van der Waals surface area contributed by atoms with Crippen molar-refractivity contribution in [1.82, 2.24) is 19.1 Å². The predicted molar refractivity (Wildman–Crippen MR) is 146 cm³/mol. The molecule has 0 saturated heterocycles. The summed E-state index contributed by atoms with van der Waals surface area (Å²) in [4.78, 5) is 10.1. The lowest BCUT2D eigenvalue weighted by Crippen LogP contribution is -1.98. The topological polar surface area (TPSA) is 35.6 Å². The summed E-state index contributed by atoms with van der Waals surface area (Å²) in [5, 5.41) is 4.43. The van der Waals surface area contributed by atoms with Crippen molar-refractivity contribution in [3.63, 3.8) is 0 Å². The standard InChI is InChI=1S/C30H18N4S/c1-2-10-19(11-3-1)33-24-15-7-4-12-20(24)22-18-31-27-21-13-5-8-16-25(21)34(29(27)28(22)33)30-32-23-14-6-9-17-26(23)35-30/h1-18H. The molecule has 0 aliphatic carbocycles. The molecule has 4 nitrogen and oxygen atoms in total. The first-order chi connectivity index (χ1) is 17.4. The summed E-state index contributed by atoms with van der Waals surface area (Å²) in [6.45, 7) is 0. The normalized spacial score (nSPS) is 12.0. The van der Waals surface area contributed by atoms with E-state index in [9.17, 15) is 0 Å². The summed E-state index contributed by atoms with van der Waals surface area (Å²) in [7, 11) is 0. The van der Waals surface area contributed by atoms with Gasteiger partial charge in [-0.3, -0.25) is 9.55 Å². The molecule has 4 aromatic heterocycles. The zero-order valence-electron chi connectivity index (χ0n) is 18.6. The molecule has 0 radical (unpaired) electrons. The predicted octanol–water partition coefficient (Wildman–Crippen LogP) is 7.89. The average molecular weight is 467 g/mol. The van der Waals surface area contributed by atoms with E-state index >= 15 is 0 Å². The van der Waals surface area contributed by atoms with E-state index in [2.05, 4.69) is 106 Å². The highest BCUT2D eigenvalue weighted by molar-refractivity contribution is 7.20. The van der Waals surface area contributed by atoms with Crippen LogP contribution < -0.4 is 0 Å². The highest BCUT2D eigenvalue weighted by Gasteiger charge is 2.23. The van der Waals surface area contributed by atoms with Crippen LogP contribution in [0.3, 0.4) is 0 Å². The molecule has 0 unspecified atom stereocenters. The van der Waals surface area contributed by atoms with Crippen LogP contribution in [-0.4, -0.2) is 19.1 Å². The Labute approximate surface area is 204 Å². The molecule has 164 valence electrons. The molecule has 0 aliphatic heterocycles. The van der Waals surface area contributed by atoms with E-state index in [-0.39, 0.29) is 0 Å². The number of aromatic nitrogens is 4. The number of rotatable bonds is 2. The number of hydrogen-bond donors (Lipinski definition) is 0. The molecule has 8 rings (SSSR count). The summed E-state index contributed by atoms with van der Waals surface area (Å²) < 4.78 is 5.86. The van der Waals surface area contributed by atoms with E-state index in [0.717, 1.165) is 49.2 Å². The zero-order chi connectivity index (χ0) is 22.9. The van der Waals surface area contributed by atoms with Crippen molar-refractivity contribution in [3.05, 3.63) is 109 Å². The highest BCUT2D eigenvalue weighted by atomic mass is 32.1. The van der Waals surface area contributed by atoms with E-state index in [1.807, 2.05) is 12.3 Å². The summed E-state index contributed by atoms with van der Waals surface area (Å²) >= 11 is 1.72. The Kier molecular flexibility index (Phi) is 3.78. The molecule has 0 saturated carbocycles. The van der Waals surface area contributed by atoms with Crippen LogP contribution in [0.2, 0.25) is 0 Å². The smallest absolute Gasteiger partial charge is 0.195 e. The van der Waals surface area contributed by atoms with E-state index in [1.54, 1.807) is 11.3 Å². The molecular weight excluding hydrogens is 448 g/mol. The molecule has 8 aromatic rings. The first kappa shape index (κ1) is 18.9. The van der Waals surface area contributed by atoms with Gasteiger partial charge in [0.25, 0.3) is 0 Å². The van der Waals surface area contributed by atoms with Gasteiger partial charge < -0.3 is 4.57 Å². The Morgan fingerprint density at radius 3 is 2.09 bits per heavy atom. The molecule has 5 heteroatoms. The molecule has 0 spiro atoms. The minimum Gasteiger partial charge on any atom is -0.307 e. The van der Waals surface area contributed by atoms with Gasteiger partial charge in [-0.15, -0.1) is 0 Å². The summed E-state index contributed by atoms with van der Waals surface area (Å²) in [5.74, 6) is 0. The number of para-hydroxylation sites is 4. The van der Waals surface area contributed by atoms with E-state index in [1.165, 1.54) is 15.6 Å². The van der Waals surface area contributed by atoms with Gasteiger partial charge in [-0.05, 0) is 36.4 Å². The Morgan fingerprint density at radius 2 is 1.26 bits per heavy atom. The van der Waals surface area contributed by atoms with Crippen molar-refractivity contribution in [3.8, 4) is 10.8 Å². The summed E-state index contributed by atoms with van der Waals surface area (Å²) in [6, 6.07) is 36.0. The molecule has 0 N–H and O–H groups in total. The van der Waals surface area contributed by atoms with Gasteiger partial charge in [0, 0.05) is 28.0 Å². The first-order valence-electron chi connectivity index (χ1n) is 11.6. The Balaban J connectivity index is 1.65. The fourth-order valence-corrected chi connectivity index (χ4v) is 6.32. The van der Waals surface area contributed by atoms with Crippen molar-refractivity contribution >= 4 is 65.3 Å². The van der Waals surface area contributed by atoms with Crippen LogP contribution in [0.25, 0.3) is 64.8 Å². The monoisotopic (exact) mass is 466 g/mol. The van der Waals surface area contributed by atoms with Crippen LogP contribution in [-0.2, 0) is 0 Å². The minimum atomic E-state index is 0.955. The average Bonchev–Trinajstić information content (AvgIpc) is 3.58. The SMILES string of the molecule is c1ccc(-n2c3ccccc3c3cnc4c5ccccc5n(-c5nc6ccccc6s5)c4c32)cc1. The lowest BCUT2D eigenvalue weighted by atomic mass is 10.2. The second-order valence-corrected chi connectivity index (χ2v) is 9.73. The number of pyridine rings is 1. The maximum Gasteiger partial charge on any atom is 0.195 e. The number of nitrogens with zero attached hydrogens (tertiary/aromatic N) is 4. The third kappa shape index (κ3) is 2.56. The van der Waals surface area contributed by atoms with Crippen molar-refractivity contribution in [2.24, 2.45) is 0 Å². The third-order valence-electron chi connectivity index (χ3n) is 6.80. The van der Waals surface area contributed by atoms with Gasteiger partial charge in [0.15, 0.2) is 5.13 Å². The van der Waals surface area contributed by atoms with Crippen LogP contribution >= 0.6 is 11.3 Å². The lowest BCUT2D eigenvalue weighted by Gasteiger charge is -2.10. The maximum absolute atomic E-state index is 5.06. The molecule has 0 bridgehead atoms. The van der Waals surface area contributed by atoms with Gasteiger partial charge in [-0.25, -0.2) is 4.98 Å². The summed E-state index contributed by atoms with van der Waals surface area (Å²) in [5.41, 5.74) is 7.66. The minimum absolute atomic E-state index is 0.955. The van der Waals surface area contributed by atoms with Gasteiger partial charge in [0.2, 0.25) is 0 Å². The molecule has 4 aromatic carbocycles. The fraction of sp³-hybridized carbons (Fsp3) is 0. The van der Waals surface area contributed by atoms with Crippen molar-refractivity contribution in [2.75, 3.05) is 0 Å². The van der Waals surface area contributed by atoms with E-state index < -0.39 is 0 Å². The van der Waals surface area contributed by atoms with Gasteiger partial charge in [0.1, 0.15) is 0 Å². The third-order valence-corrected chi connectivity index (χ3v) is 7.82. The quantitative estimate of drug-likeness (QED) is 0.260. The van der Waals surface area contributed by atoms with Crippen LogP contribution in [0.15, 0.2) is 109 Å². The molecular formula is C30H18N4S. The van der Waals surface area contributed by atoms with Gasteiger partial charge in [-0.2, -0.15) is 0 Å². The van der Waals surface area contributed by atoms with Crippen molar-refractivity contribution in [2.45, 2.75) is 0 Å². The van der Waals surface area contributed by atoms with Gasteiger partial charge >= 0.3 is 0 Å². The van der Waals surface area contributed by atoms with Crippen molar-refractivity contribution < 1.29 is 0 Å². The lowest BCUT2D eigenvalue weighted by molar-refractivity contribution is 1.13. The fourth-order valence-electron chi connectivity index (χ4n) is 5.33. The molecule has 0 aliphatic rings. The summed E-state index contributed by atoms with van der Waals surface area (Å²) in [6.07, 6.45) is 2.04. The van der Waals surface area contributed by atoms with Crippen LogP contribution in [0.5, 0.6) is 0 Å². The number of benzene rings is 4. The molecule has 35 heavy (non-hydrogen) atoms. The zero-order valence-corrected chi connectivity index (χ0v) is 19.4. The van der Waals surface area contributed by atoms with Gasteiger partial charge in [0.05, 0.1) is 37.8 Å². The molecule has 0 fully saturated rings. The molecule has 4 heterocycles. The number of fused-ring (bicyclic) bond motifs is 8. The highest BCUT2D eigenvalue weighted by Crippen LogP contribution is 2.41. The maximum atomic E-state index is 5.06. The van der Waals surface area contributed by atoms with Gasteiger partial charge in [-0.1, -0.05) is 78.1 Å². The van der Waals surface area contributed by atoms with Crippen LogP contribution in [0, 0.1) is 0 Å². The number of hydrogen-bond acceptors (Lipinski definition) is 3. The second-order valence-electron chi connectivity index (χ2n) is 8.72. The Hall–Kier alpha value is -4.48. The molecule has 0 amide bonds.